The van der Waals surface area contributed by atoms with Gasteiger partial charge in [-0.25, -0.2) is 0 Å². The second kappa shape index (κ2) is 17.7. The van der Waals surface area contributed by atoms with E-state index in [-0.39, 0.29) is 6.29 Å². The van der Waals surface area contributed by atoms with Gasteiger partial charge in [-0.1, -0.05) is 89.2 Å². The number of rotatable bonds is 19. The Labute approximate surface area is 170 Å². The van der Waals surface area contributed by atoms with Crippen molar-refractivity contribution in [1.29, 1.82) is 0 Å². The molecule has 1 saturated carbocycles. The highest BCUT2D eigenvalue weighted by atomic mass is 16.7. The summed E-state index contributed by atoms with van der Waals surface area (Å²) in [5.74, 6) is 0. The van der Waals surface area contributed by atoms with Gasteiger partial charge in [0, 0.05) is 19.6 Å². The molecule has 0 aliphatic heterocycles. The zero-order chi connectivity index (χ0) is 19.6. The number of hydrogen-bond donors (Lipinski definition) is 0. The first-order chi connectivity index (χ1) is 13.3. The van der Waals surface area contributed by atoms with Crippen molar-refractivity contribution < 1.29 is 9.47 Å². The number of ether oxygens (including phenoxy) is 2. The van der Waals surface area contributed by atoms with Crippen molar-refractivity contribution in [3.05, 3.63) is 11.1 Å². The van der Waals surface area contributed by atoms with Crippen molar-refractivity contribution in [1.82, 2.24) is 0 Å². The molecular weight excluding hydrogens is 332 g/mol. The summed E-state index contributed by atoms with van der Waals surface area (Å²) in [7, 11) is 0. The molecule has 0 aromatic rings. The summed E-state index contributed by atoms with van der Waals surface area (Å²) in [6, 6.07) is 0. The Kier molecular flexibility index (Phi) is 16.2. The van der Waals surface area contributed by atoms with Gasteiger partial charge in [-0.05, 0) is 45.4 Å². The fraction of sp³-hybridized carbons (Fsp3) is 0.920. The van der Waals surface area contributed by atoms with Crippen molar-refractivity contribution in [2.45, 2.75) is 136 Å². The van der Waals surface area contributed by atoms with E-state index in [1.54, 1.807) is 11.1 Å². The Bertz CT molecular complexity index is 337. The maximum Gasteiger partial charge on any atom is 0.157 e. The van der Waals surface area contributed by atoms with Gasteiger partial charge >= 0.3 is 0 Å². The van der Waals surface area contributed by atoms with Crippen molar-refractivity contribution in [3.8, 4) is 0 Å². The fourth-order valence-electron chi connectivity index (χ4n) is 3.70. The lowest BCUT2D eigenvalue weighted by molar-refractivity contribution is -0.147. The van der Waals surface area contributed by atoms with E-state index in [0.29, 0.717) is 0 Å². The Hall–Kier alpha value is -0.340. The Morgan fingerprint density at radius 3 is 1.67 bits per heavy atom. The van der Waals surface area contributed by atoms with Gasteiger partial charge in [-0.3, -0.25) is 0 Å². The van der Waals surface area contributed by atoms with Crippen LogP contribution in [0.3, 0.4) is 0 Å². The maximum atomic E-state index is 6.13. The molecule has 2 heteroatoms. The second-order valence-electron chi connectivity index (χ2n) is 8.48. The van der Waals surface area contributed by atoms with Crippen LogP contribution in [0.15, 0.2) is 11.1 Å². The van der Waals surface area contributed by atoms with E-state index < -0.39 is 0 Å². The van der Waals surface area contributed by atoms with E-state index in [9.17, 15) is 0 Å². The molecule has 1 aliphatic rings. The van der Waals surface area contributed by atoms with E-state index in [2.05, 4.69) is 20.8 Å². The zero-order valence-electron chi connectivity index (χ0n) is 18.8. The molecule has 1 fully saturated rings. The minimum atomic E-state index is 0.00640. The van der Waals surface area contributed by atoms with Gasteiger partial charge in [0.25, 0.3) is 0 Å². The zero-order valence-corrected chi connectivity index (χ0v) is 18.8. The molecule has 0 N–H and O–H groups in total. The normalized spacial score (nSPS) is 14.0. The molecule has 0 atom stereocenters. The molecule has 1 rings (SSSR count). The van der Waals surface area contributed by atoms with Gasteiger partial charge in [-0.2, -0.15) is 0 Å². The van der Waals surface area contributed by atoms with Crippen LogP contribution in [-0.4, -0.2) is 19.5 Å². The quantitative estimate of drug-likeness (QED) is 0.127. The first-order valence-corrected chi connectivity index (χ1v) is 12.2. The molecule has 27 heavy (non-hydrogen) atoms. The van der Waals surface area contributed by atoms with Crippen molar-refractivity contribution in [2.75, 3.05) is 13.2 Å². The van der Waals surface area contributed by atoms with Crippen LogP contribution >= 0.6 is 0 Å². The van der Waals surface area contributed by atoms with Crippen LogP contribution in [0.4, 0.5) is 0 Å². The molecular formula is C25H48O2. The molecule has 0 spiro atoms. The molecule has 0 amide bonds. The summed E-state index contributed by atoms with van der Waals surface area (Å²) >= 11 is 0. The van der Waals surface area contributed by atoms with Crippen LogP contribution in [0.2, 0.25) is 0 Å². The smallest absolute Gasteiger partial charge is 0.157 e. The fourth-order valence-corrected chi connectivity index (χ4v) is 3.70. The van der Waals surface area contributed by atoms with Gasteiger partial charge < -0.3 is 9.47 Å². The minimum Gasteiger partial charge on any atom is -0.353 e. The highest BCUT2D eigenvalue weighted by Gasteiger charge is 2.14. The third-order valence-electron chi connectivity index (χ3n) is 5.92. The molecule has 160 valence electrons. The average Bonchev–Trinajstić information content (AvgIpc) is 2.62. The molecule has 0 heterocycles. The molecule has 0 aromatic heterocycles. The number of unbranched alkanes of at least 4 members (excludes halogenated alkanes) is 10. The van der Waals surface area contributed by atoms with Gasteiger partial charge in [0.2, 0.25) is 0 Å². The first-order valence-electron chi connectivity index (χ1n) is 12.2. The first kappa shape index (κ1) is 24.7. The summed E-state index contributed by atoms with van der Waals surface area (Å²) in [6.07, 6.45) is 22.0. The highest BCUT2D eigenvalue weighted by molar-refractivity contribution is 5.17. The lowest BCUT2D eigenvalue weighted by atomic mass is 9.87. The van der Waals surface area contributed by atoms with E-state index >= 15 is 0 Å². The molecule has 2 nitrogen and oxygen atoms in total. The lowest BCUT2D eigenvalue weighted by Gasteiger charge is -2.23. The van der Waals surface area contributed by atoms with Gasteiger partial charge in [0.05, 0.1) is 0 Å². The largest absolute Gasteiger partial charge is 0.353 e. The predicted octanol–water partition coefficient (Wildman–Crippen LogP) is 8.35. The average molecular weight is 381 g/mol. The molecule has 0 saturated heterocycles. The number of hydrogen-bond acceptors (Lipinski definition) is 2. The summed E-state index contributed by atoms with van der Waals surface area (Å²) in [4.78, 5) is 0. The summed E-state index contributed by atoms with van der Waals surface area (Å²) in [6.45, 7) is 8.59. The SMILES string of the molecule is CCCCCCCCOC(CCC(C)=C1CCC1)OCCCCCCCC. The minimum absolute atomic E-state index is 0.00640. The molecule has 0 unspecified atom stereocenters. The van der Waals surface area contributed by atoms with Crippen LogP contribution in [0.1, 0.15) is 130 Å². The lowest BCUT2D eigenvalue weighted by Crippen LogP contribution is -2.19. The third-order valence-corrected chi connectivity index (χ3v) is 5.92. The van der Waals surface area contributed by atoms with E-state index in [1.165, 1.54) is 96.3 Å². The van der Waals surface area contributed by atoms with Crippen molar-refractivity contribution >= 4 is 0 Å². The van der Waals surface area contributed by atoms with Gasteiger partial charge in [0.1, 0.15) is 0 Å². The Balaban J connectivity index is 2.17. The van der Waals surface area contributed by atoms with Crippen LogP contribution in [0, 0.1) is 0 Å². The Morgan fingerprint density at radius 2 is 1.22 bits per heavy atom. The monoisotopic (exact) mass is 380 g/mol. The van der Waals surface area contributed by atoms with Gasteiger partial charge in [-0.15, -0.1) is 0 Å². The van der Waals surface area contributed by atoms with Crippen LogP contribution in [-0.2, 0) is 9.47 Å². The Morgan fingerprint density at radius 1 is 0.741 bits per heavy atom. The molecule has 0 bridgehead atoms. The molecule has 0 aromatic carbocycles. The van der Waals surface area contributed by atoms with Crippen molar-refractivity contribution in [3.63, 3.8) is 0 Å². The van der Waals surface area contributed by atoms with Crippen molar-refractivity contribution in [2.24, 2.45) is 0 Å². The number of allylic oxidation sites excluding steroid dienone is 2. The van der Waals surface area contributed by atoms with Crippen LogP contribution in [0.25, 0.3) is 0 Å². The summed E-state index contributed by atoms with van der Waals surface area (Å²) < 4.78 is 12.3. The van der Waals surface area contributed by atoms with E-state index in [0.717, 1.165) is 26.1 Å². The standard InChI is InChI=1S/C25H48O2/c1-4-6-8-10-12-14-21-26-25(20-19-23(3)24-17-16-18-24)27-22-15-13-11-9-7-5-2/h25H,4-22H2,1-3H3. The third kappa shape index (κ3) is 13.5. The van der Waals surface area contributed by atoms with Crippen LogP contribution in [0.5, 0.6) is 0 Å². The molecule has 0 radical (unpaired) electrons. The summed E-state index contributed by atoms with van der Waals surface area (Å²) in [5, 5.41) is 0. The highest BCUT2D eigenvalue weighted by Crippen LogP contribution is 2.30. The van der Waals surface area contributed by atoms with E-state index in [1.807, 2.05) is 0 Å². The topological polar surface area (TPSA) is 18.5 Å². The maximum absolute atomic E-state index is 6.13. The van der Waals surface area contributed by atoms with E-state index in [4.69, 9.17) is 9.47 Å². The van der Waals surface area contributed by atoms with Gasteiger partial charge in [0.15, 0.2) is 6.29 Å². The van der Waals surface area contributed by atoms with Crippen LogP contribution < -0.4 is 0 Å². The second-order valence-corrected chi connectivity index (χ2v) is 8.48. The summed E-state index contributed by atoms with van der Waals surface area (Å²) in [5.41, 5.74) is 3.29. The predicted molar refractivity (Wildman–Crippen MR) is 118 cm³/mol. The molecule has 1 aliphatic carbocycles.